The first-order chi connectivity index (χ1) is 10.1. The molecule has 3 aromatic rings. The number of fused-ring (bicyclic) bond motifs is 1. The van der Waals surface area contributed by atoms with E-state index in [0.29, 0.717) is 27.5 Å². The molecule has 0 radical (unpaired) electrons. The highest BCUT2D eigenvalue weighted by Crippen LogP contribution is 2.28. The fourth-order valence-electron chi connectivity index (χ4n) is 2.10. The van der Waals surface area contributed by atoms with E-state index >= 15 is 0 Å². The quantitative estimate of drug-likeness (QED) is 0.805. The van der Waals surface area contributed by atoms with Crippen LogP contribution in [0.4, 0.5) is 0 Å². The van der Waals surface area contributed by atoms with Crippen LogP contribution in [-0.2, 0) is 0 Å². The van der Waals surface area contributed by atoms with Crippen molar-refractivity contribution in [2.75, 3.05) is 7.11 Å². The Bertz CT molecular complexity index is 845. The third kappa shape index (κ3) is 2.19. The smallest absolute Gasteiger partial charge is 0.338 e. The van der Waals surface area contributed by atoms with Gasteiger partial charge in [0.15, 0.2) is 0 Å². The van der Waals surface area contributed by atoms with Gasteiger partial charge in [0.05, 0.1) is 28.9 Å². The van der Waals surface area contributed by atoms with Crippen molar-refractivity contribution in [2.45, 2.75) is 0 Å². The Morgan fingerprint density at radius 1 is 1.33 bits per heavy atom. The van der Waals surface area contributed by atoms with Crippen molar-refractivity contribution >= 4 is 28.6 Å². The fraction of sp³-hybridized carbons (Fsp3) is 0.0714. The maximum Gasteiger partial charge on any atom is 0.338 e. The summed E-state index contributed by atoms with van der Waals surface area (Å²) >= 11 is 6.10. The molecule has 0 spiro atoms. The minimum atomic E-state index is -1.04. The Kier molecular flexibility index (Phi) is 3.23. The highest BCUT2D eigenvalue weighted by atomic mass is 35.5. The van der Waals surface area contributed by atoms with Crippen LogP contribution >= 0.6 is 11.6 Å². The van der Waals surface area contributed by atoms with Crippen LogP contribution in [0.1, 0.15) is 10.4 Å². The van der Waals surface area contributed by atoms with Crippen LogP contribution in [0.3, 0.4) is 0 Å². The second kappa shape index (κ2) is 5.06. The zero-order chi connectivity index (χ0) is 15.0. The predicted molar refractivity (Wildman–Crippen MR) is 77.4 cm³/mol. The Balaban J connectivity index is 2.20. The average molecular weight is 304 g/mol. The summed E-state index contributed by atoms with van der Waals surface area (Å²) in [4.78, 5) is 11.2. The molecule has 106 valence electrons. The number of aromatic carboxylic acids is 1. The maximum absolute atomic E-state index is 11.2. The Hall–Kier alpha value is -2.60. The average Bonchev–Trinajstić information content (AvgIpc) is 2.90. The molecule has 0 saturated heterocycles. The first-order valence-corrected chi connectivity index (χ1v) is 6.41. The molecule has 2 aromatic carbocycles. The van der Waals surface area contributed by atoms with Crippen molar-refractivity contribution in [3.05, 3.63) is 47.0 Å². The van der Waals surface area contributed by atoms with Crippen molar-refractivity contribution in [1.29, 1.82) is 0 Å². The molecule has 21 heavy (non-hydrogen) atoms. The minimum Gasteiger partial charge on any atom is -0.495 e. The van der Waals surface area contributed by atoms with Gasteiger partial charge in [0.25, 0.3) is 0 Å². The molecule has 7 heteroatoms. The molecule has 0 aliphatic rings. The number of benzene rings is 2. The van der Waals surface area contributed by atoms with Crippen LogP contribution < -0.4 is 4.74 Å². The van der Waals surface area contributed by atoms with E-state index < -0.39 is 5.97 Å². The SMILES string of the molecule is COc1ccc(-n2nnc3c(C(=O)O)cccc32)cc1Cl. The summed E-state index contributed by atoms with van der Waals surface area (Å²) in [7, 11) is 1.53. The van der Waals surface area contributed by atoms with Gasteiger partial charge >= 0.3 is 5.97 Å². The van der Waals surface area contributed by atoms with Gasteiger partial charge in [-0.05, 0) is 30.3 Å². The lowest BCUT2D eigenvalue weighted by Gasteiger charge is -2.06. The van der Waals surface area contributed by atoms with Gasteiger partial charge in [-0.25, -0.2) is 9.48 Å². The zero-order valence-electron chi connectivity index (χ0n) is 10.9. The molecule has 0 amide bonds. The van der Waals surface area contributed by atoms with E-state index in [2.05, 4.69) is 10.3 Å². The van der Waals surface area contributed by atoms with Gasteiger partial charge in [-0.3, -0.25) is 0 Å². The largest absolute Gasteiger partial charge is 0.495 e. The molecule has 6 nitrogen and oxygen atoms in total. The van der Waals surface area contributed by atoms with Crippen LogP contribution in [0, 0.1) is 0 Å². The van der Waals surface area contributed by atoms with E-state index in [1.807, 2.05) is 0 Å². The fourth-order valence-corrected chi connectivity index (χ4v) is 2.35. The number of ether oxygens (including phenoxy) is 1. The van der Waals surface area contributed by atoms with Crippen molar-refractivity contribution in [1.82, 2.24) is 15.0 Å². The van der Waals surface area contributed by atoms with Crippen molar-refractivity contribution in [3.63, 3.8) is 0 Å². The van der Waals surface area contributed by atoms with Gasteiger partial charge in [0, 0.05) is 0 Å². The Morgan fingerprint density at radius 2 is 2.14 bits per heavy atom. The van der Waals surface area contributed by atoms with Crippen molar-refractivity contribution in [2.24, 2.45) is 0 Å². The van der Waals surface area contributed by atoms with Gasteiger partial charge in [0.1, 0.15) is 11.3 Å². The molecule has 0 atom stereocenters. The van der Waals surface area contributed by atoms with Gasteiger partial charge < -0.3 is 9.84 Å². The molecule has 1 aromatic heterocycles. The Labute approximate surface area is 124 Å². The summed E-state index contributed by atoms with van der Waals surface area (Å²) in [6.07, 6.45) is 0. The maximum atomic E-state index is 11.2. The van der Waals surface area contributed by atoms with Crippen LogP contribution in [0.25, 0.3) is 16.7 Å². The summed E-state index contributed by atoms with van der Waals surface area (Å²) in [5, 5.41) is 17.6. The molecule has 0 fully saturated rings. The Morgan fingerprint density at radius 3 is 2.81 bits per heavy atom. The first-order valence-electron chi connectivity index (χ1n) is 6.03. The molecule has 0 saturated carbocycles. The van der Waals surface area contributed by atoms with E-state index in [-0.39, 0.29) is 5.56 Å². The highest BCUT2D eigenvalue weighted by molar-refractivity contribution is 6.32. The van der Waals surface area contributed by atoms with E-state index in [4.69, 9.17) is 21.4 Å². The summed E-state index contributed by atoms with van der Waals surface area (Å²) < 4.78 is 6.64. The van der Waals surface area contributed by atoms with Gasteiger partial charge in [-0.1, -0.05) is 22.9 Å². The van der Waals surface area contributed by atoms with Crippen molar-refractivity contribution < 1.29 is 14.6 Å². The number of aromatic nitrogens is 3. The molecule has 0 unspecified atom stereocenters. The number of carbonyl (C=O) groups is 1. The molecule has 0 bridgehead atoms. The lowest BCUT2D eigenvalue weighted by Crippen LogP contribution is -1.99. The number of nitrogens with zero attached hydrogens (tertiary/aromatic N) is 3. The van der Waals surface area contributed by atoms with E-state index in [1.165, 1.54) is 17.9 Å². The molecule has 0 aliphatic carbocycles. The number of hydrogen-bond acceptors (Lipinski definition) is 4. The van der Waals surface area contributed by atoms with Crippen LogP contribution in [0.15, 0.2) is 36.4 Å². The summed E-state index contributed by atoms with van der Waals surface area (Å²) in [5.74, 6) is -0.489. The monoisotopic (exact) mass is 303 g/mol. The van der Waals surface area contributed by atoms with Gasteiger partial charge in [-0.15, -0.1) is 5.10 Å². The number of hydrogen-bond donors (Lipinski definition) is 1. The first kappa shape index (κ1) is 13.4. The highest BCUT2D eigenvalue weighted by Gasteiger charge is 2.15. The summed E-state index contributed by atoms with van der Waals surface area (Å²) in [6.45, 7) is 0. The minimum absolute atomic E-state index is 0.110. The number of rotatable bonds is 3. The van der Waals surface area contributed by atoms with Gasteiger partial charge in [-0.2, -0.15) is 0 Å². The van der Waals surface area contributed by atoms with E-state index in [1.54, 1.807) is 30.3 Å². The van der Waals surface area contributed by atoms with Gasteiger partial charge in [0.2, 0.25) is 0 Å². The molecule has 1 N–H and O–H groups in total. The lowest BCUT2D eigenvalue weighted by molar-refractivity contribution is 0.0699. The third-order valence-corrected chi connectivity index (χ3v) is 3.38. The number of carboxylic acids is 1. The normalized spacial score (nSPS) is 10.8. The molecule has 1 heterocycles. The lowest BCUT2D eigenvalue weighted by atomic mass is 10.2. The van der Waals surface area contributed by atoms with E-state index in [9.17, 15) is 4.79 Å². The topological polar surface area (TPSA) is 77.2 Å². The van der Waals surface area contributed by atoms with Crippen LogP contribution in [0.5, 0.6) is 5.75 Å². The predicted octanol–water partition coefficient (Wildman–Crippen LogP) is 2.78. The standard InChI is InChI=1S/C14H10ClN3O3/c1-21-12-6-5-8(7-10(12)15)18-11-4-2-3-9(14(19)20)13(11)16-17-18/h2-7H,1H3,(H,19,20). The summed E-state index contributed by atoms with van der Waals surface area (Å²) in [5.41, 5.74) is 1.71. The molecule has 0 aliphatic heterocycles. The van der Waals surface area contributed by atoms with E-state index in [0.717, 1.165) is 0 Å². The summed E-state index contributed by atoms with van der Waals surface area (Å²) in [6, 6.07) is 10.1. The second-order valence-corrected chi connectivity index (χ2v) is 4.71. The molecular weight excluding hydrogens is 294 g/mol. The van der Waals surface area contributed by atoms with Crippen molar-refractivity contribution in [3.8, 4) is 11.4 Å². The third-order valence-electron chi connectivity index (χ3n) is 3.09. The zero-order valence-corrected chi connectivity index (χ0v) is 11.7. The molecule has 3 rings (SSSR count). The second-order valence-electron chi connectivity index (χ2n) is 4.30. The van der Waals surface area contributed by atoms with Crippen LogP contribution in [-0.4, -0.2) is 33.2 Å². The number of methoxy groups -OCH3 is 1. The number of carboxylic acid groups (broad SMARTS) is 1. The molecular formula is C14H10ClN3O3. The number of halogens is 1. The van der Waals surface area contributed by atoms with Crippen LogP contribution in [0.2, 0.25) is 5.02 Å².